The summed E-state index contributed by atoms with van der Waals surface area (Å²) in [6.45, 7) is 7.63. The molecule has 4 N–H and O–H groups in total. The lowest BCUT2D eigenvalue weighted by atomic mass is 9.93. The molecule has 2 amide bonds. The molecule has 1 aromatic heterocycles. The van der Waals surface area contributed by atoms with E-state index in [1.54, 1.807) is 0 Å². The van der Waals surface area contributed by atoms with Crippen LogP contribution in [0.2, 0.25) is 0 Å². The Balaban J connectivity index is 1.80. The zero-order valence-corrected chi connectivity index (χ0v) is 17.0. The minimum atomic E-state index is -0.377. The quantitative estimate of drug-likeness (QED) is 0.591. The molecule has 0 spiro atoms. The molecule has 1 heterocycles. The van der Waals surface area contributed by atoms with E-state index in [-0.39, 0.29) is 28.9 Å². The highest BCUT2D eigenvalue weighted by Gasteiger charge is 2.28. The van der Waals surface area contributed by atoms with Crippen molar-refractivity contribution in [1.29, 1.82) is 0 Å². The summed E-state index contributed by atoms with van der Waals surface area (Å²) >= 11 is 0. The molecule has 1 aromatic carbocycles. The van der Waals surface area contributed by atoms with E-state index in [1.165, 1.54) is 24.3 Å². The smallest absolute Gasteiger partial charge is 0.301 e. The molecule has 0 bridgehead atoms. The third kappa shape index (κ3) is 4.83. The number of hydrogen-bond donors (Lipinski definition) is 4. The average molecular weight is 398 g/mol. The van der Waals surface area contributed by atoms with E-state index in [9.17, 15) is 14.7 Å². The topological polar surface area (TPSA) is 116 Å². The second-order valence-corrected chi connectivity index (χ2v) is 8.08. The van der Waals surface area contributed by atoms with Crippen molar-refractivity contribution in [2.75, 3.05) is 0 Å². The first kappa shape index (κ1) is 20.6. The molecule has 2 aromatic rings. The standard InChI is InChI=1S/C21H26N4O4/c1-12-17-15(22-23-19(27)13-8-10-14(26)11-9-13)6-5-7-16(17)29-18(12)20(28)24-25-21(2,3)4/h8-11,25-26H,5-7H2,1-4H3,(H,23,27)(H,24,28)/b22-15+. The van der Waals surface area contributed by atoms with Crippen molar-refractivity contribution < 1.29 is 19.1 Å². The number of hydrogen-bond acceptors (Lipinski definition) is 6. The van der Waals surface area contributed by atoms with Crippen LogP contribution in [0.3, 0.4) is 0 Å². The summed E-state index contributed by atoms with van der Waals surface area (Å²) in [7, 11) is 0. The Morgan fingerprint density at radius 2 is 1.79 bits per heavy atom. The number of amides is 2. The van der Waals surface area contributed by atoms with Gasteiger partial charge < -0.3 is 9.52 Å². The van der Waals surface area contributed by atoms with Gasteiger partial charge in [0.05, 0.1) is 5.71 Å². The van der Waals surface area contributed by atoms with Crippen LogP contribution in [-0.2, 0) is 6.42 Å². The van der Waals surface area contributed by atoms with Crippen LogP contribution < -0.4 is 16.3 Å². The van der Waals surface area contributed by atoms with Crippen molar-refractivity contribution >= 4 is 17.5 Å². The first-order chi connectivity index (χ1) is 13.7. The number of hydrazone groups is 1. The Bertz CT molecular complexity index is 952. The van der Waals surface area contributed by atoms with Crippen molar-refractivity contribution in [3.8, 4) is 5.75 Å². The van der Waals surface area contributed by atoms with Crippen molar-refractivity contribution in [2.45, 2.75) is 52.5 Å². The maximum Gasteiger partial charge on any atom is 0.301 e. The monoisotopic (exact) mass is 398 g/mol. The van der Waals surface area contributed by atoms with E-state index >= 15 is 0 Å². The van der Waals surface area contributed by atoms with Gasteiger partial charge in [0.2, 0.25) is 0 Å². The Morgan fingerprint density at radius 1 is 1.10 bits per heavy atom. The molecule has 29 heavy (non-hydrogen) atoms. The zero-order valence-electron chi connectivity index (χ0n) is 17.0. The van der Waals surface area contributed by atoms with Gasteiger partial charge in [-0.25, -0.2) is 10.9 Å². The number of fused-ring (bicyclic) bond motifs is 1. The Morgan fingerprint density at radius 3 is 2.45 bits per heavy atom. The predicted molar refractivity (Wildman–Crippen MR) is 109 cm³/mol. The van der Waals surface area contributed by atoms with Crippen LogP contribution in [0, 0.1) is 6.92 Å². The predicted octanol–water partition coefficient (Wildman–Crippen LogP) is 2.80. The molecule has 1 aliphatic carbocycles. The first-order valence-corrected chi connectivity index (χ1v) is 9.52. The highest BCUT2D eigenvalue weighted by molar-refractivity contribution is 6.07. The molecule has 0 aliphatic heterocycles. The lowest BCUT2D eigenvalue weighted by molar-refractivity contribution is 0.0882. The van der Waals surface area contributed by atoms with E-state index in [1.807, 2.05) is 27.7 Å². The molecule has 0 radical (unpaired) electrons. The van der Waals surface area contributed by atoms with Crippen molar-refractivity contribution in [2.24, 2.45) is 5.10 Å². The highest BCUT2D eigenvalue weighted by Crippen LogP contribution is 2.29. The molecule has 154 valence electrons. The second-order valence-electron chi connectivity index (χ2n) is 8.08. The van der Waals surface area contributed by atoms with Gasteiger partial charge in [-0.05, 0) is 64.8 Å². The fourth-order valence-electron chi connectivity index (χ4n) is 3.09. The number of furan rings is 1. The van der Waals surface area contributed by atoms with Gasteiger partial charge in [0.1, 0.15) is 11.5 Å². The van der Waals surface area contributed by atoms with Crippen LogP contribution in [0.25, 0.3) is 0 Å². The van der Waals surface area contributed by atoms with Crippen LogP contribution in [0.4, 0.5) is 0 Å². The summed E-state index contributed by atoms with van der Waals surface area (Å²) in [4.78, 5) is 24.8. The van der Waals surface area contributed by atoms with Gasteiger partial charge in [0.25, 0.3) is 5.91 Å². The van der Waals surface area contributed by atoms with Crippen LogP contribution in [0.5, 0.6) is 5.75 Å². The number of aryl methyl sites for hydroxylation is 1. The lowest BCUT2D eigenvalue weighted by Crippen LogP contribution is -2.48. The molecule has 0 fully saturated rings. The summed E-state index contributed by atoms with van der Waals surface area (Å²) < 4.78 is 5.83. The molecule has 1 aliphatic rings. The van der Waals surface area contributed by atoms with Gasteiger partial charge in [-0.15, -0.1) is 0 Å². The van der Waals surface area contributed by atoms with Crippen molar-refractivity contribution in [3.63, 3.8) is 0 Å². The minimum absolute atomic E-state index is 0.0885. The number of aromatic hydroxyl groups is 1. The van der Waals surface area contributed by atoms with Crippen molar-refractivity contribution in [3.05, 3.63) is 52.5 Å². The number of nitrogens with zero attached hydrogens (tertiary/aromatic N) is 1. The number of phenolic OH excluding ortho intramolecular Hbond substituents is 1. The molecule has 8 heteroatoms. The van der Waals surface area contributed by atoms with Crippen LogP contribution in [-0.4, -0.2) is 28.2 Å². The average Bonchev–Trinajstić information content (AvgIpc) is 3.01. The summed E-state index contributed by atoms with van der Waals surface area (Å²) in [6, 6.07) is 5.92. The normalized spacial score (nSPS) is 15.1. The summed E-state index contributed by atoms with van der Waals surface area (Å²) in [5.41, 5.74) is 10.4. The van der Waals surface area contributed by atoms with Crippen molar-refractivity contribution in [1.82, 2.24) is 16.3 Å². The third-order valence-corrected chi connectivity index (χ3v) is 4.50. The van der Waals surface area contributed by atoms with Gasteiger partial charge in [-0.3, -0.25) is 15.0 Å². The fraction of sp³-hybridized carbons (Fsp3) is 0.381. The van der Waals surface area contributed by atoms with E-state index in [0.717, 1.165) is 12.0 Å². The third-order valence-electron chi connectivity index (χ3n) is 4.50. The number of phenols is 1. The van der Waals surface area contributed by atoms with Gasteiger partial charge in [0.15, 0.2) is 5.76 Å². The van der Waals surface area contributed by atoms with E-state index < -0.39 is 0 Å². The van der Waals surface area contributed by atoms with Crippen LogP contribution in [0.1, 0.15) is 71.4 Å². The molecule has 3 rings (SSSR count). The molecule has 8 nitrogen and oxygen atoms in total. The summed E-state index contributed by atoms with van der Waals surface area (Å²) in [5, 5.41) is 13.6. The first-order valence-electron chi connectivity index (χ1n) is 9.52. The zero-order chi connectivity index (χ0) is 21.2. The molecule has 0 atom stereocenters. The van der Waals surface area contributed by atoms with E-state index in [0.29, 0.717) is 35.4 Å². The number of nitrogens with one attached hydrogen (secondary N) is 3. The number of carbonyl (C=O) groups is 2. The molecule has 0 unspecified atom stereocenters. The van der Waals surface area contributed by atoms with Crippen LogP contribution in [0.15, 0.2) is 33.8 Å². The fourth-order valence-corrected chi connectivity index (χ4v) is 3.09. The van der Waals surface area contributed by atoms with Crippen LogP contribution >= 0.6 is 0 Å². The van der Waals surface area contributed by atoms with E-state index in [4.69, 9.17) is 4.42 Å². The van der Waals surface area contributed by atoms with Gasteiger partial charge >= 0.3 is 5.91 Å². The van der Waals surface area contributed by atoms with Gasteiger partial charge in [-0.2, -0.15) is 5.10 Å². The SMILES string of the molecule is Cc1c(C(=O)NNC(C)(C)C)oc2c1/C(=N/NC(=O)c1ccc(O)cc1)CCC2. The Hall–Kier alpha value is -3.13. The molecular formula is C21H26N4O4. The largest absolute Gasteiger partial charge is 0.508 e. The molecule has 0 saturated carbocycles. The molecule has 0 saturated heterocycles. The number of hydrazine groups is 1. The number of rotatable bonds is 4. The maximum absolute atomic E-state index is 12.5. The lowest BCUT2D eigenvalue weighted by Gasteiger charge is -2.20. The van der Waals surface area contributed by atoms with Gasteiger partial charge in [-0.1, -0.05) is 0 Å². The highest BCUT2D eigenvalue weighted by atomic mass is 16.4. The second kappa shape index (κ2) is 8.08. The molecular weight excluding hydrogens is 372 g/mol. The number of carbonyl (C=O) groups excluding carboxylic acids is 2. The number of benzene rings is 1. The summed E-state index contributed by atoms with van der Waals surface area (Å²) in [6.07, 6.45) is 2.20. The summed E-state index contributed by atoms with van der Waals surface area (Å²) in [5.74, 6) is 0.307. The Kier molecular flexibility index (Phi) is 5.74. The van der Waals surface area contributed by atoms with E-state index in [2.05, 4.69) is 21.4 Å². The maximum atomic E-state index is 12.5. The minimum Gasteiger partial charge on any atom is -0.508 e. The van der Waals surface area contributed by atoms with Gasteiger partial charge in [0, 0.05) is 28.7 Å². The Labute approximate surface area is 169 Å².